The van der Waals surface area contributed by atoms with Crippen LogP contribution in [0.25, 0.3) is 0 Å². The molecule has 1 aromatic heterocycles. The fourth-order valence-corrected chi connectivity index (χ4v) is 3.88. The number of nitrogen functional groups attached to an aromatic ring is 1. The van der Waals surface area contributed by atoms with Crippen molar-refractivity contribution in [2.24, 2.45) is 0 Å². The lowest BCUT2D eigenvalue weighted by Crippen LogP contribution is -2.39. The molecule has 2 N–H and O–H groups in total. The first-order valence-corrected chi connectivity index (χ1v) is 9.73. The van der Waals surface area contributed by atoms with Crippen molar-refractivity contribution in [1.29, 1.82) is 0 Å². The van der Waals surface area contributed by atoms with E-state index in [0.29, 0.717) is 36.6 Å². The quantitative estimate of drug-likeness (QED) is 0.819. The van der Waals surface area contributed by atoms with Crippen LogP contribution in [0.5, 0.6) is 0 Å². The lowest BCUT2D eigenvalue weighted by Gasteiger charge is -2.29. The van der Waals surface area contributed by atoms with E-state index in [9.17, 15) is 9.59 Å². The van der Waals surface area contributed by atoms with Crippen molar-refractivity contribution >= 4 is 17.8 Å². The van der Waals surface area contributed by atoms with Crippen molar-refractivity contribution in [3.8, 4) is 0 Å². The van der Waals surface area contributed by atoms with Crippen LogP contribution in [0, 0.1) is 0 Å². The molecule has 0 atom stereocenters. The Morgan fingerprint density at radius 1 is 1.14 bits per heavy atom. The molecular weight excluding hydrogens is 356 g/mol. The summed E-state index contributed by atoms with van der Waals surface area (Å²) in [6.45, 7) is 6.29. The highest BCUT2D eigenvalue weighted by Gasteiger charge is 2.30. The third-order valence-corrected chi connectivity index (χ3v) is 5.27. The standard InChI is InChI=1S/C21H26N4O3/c1-21(2,3)28-20(27)24-10-9-16-17(12-24)23-25(18(16)22)19(26)15-8-7-13-5-4-6-14(13)11-15/h7-8,11H,4-6,9-10,12,22H2,1-3H3. The molecule has 1 amide bonds. The maximum absolute atomic E-state index is 13.0. The van der Waals surface area contributed by atoms with Crippen LogP contribution in [0.3, 0.4) is 0 Å². The van der Waals surface area contributed by atoms with Gasteiger partial charge in [-0.2, -0.15) is 9.78 Å². The molecule has 1 aliphatic carbocycles. The first-order valence-electron chi connectivity index (χ1n) is 9.73. The number of aryl methyl sites for hydroxylation is 2. The van der Waals surface area contributed by atoms with Gasteiger partial charge in [0.1, 0.15) is 11.4 Å². The summed E-state index contributed by atoms with van der Waals surface area (Å²) < 4.78 is 6.72. The summed E-state index contributed by atoms with van der Waals surface area (Å²) in [6, 6.07) is 5.83. The van der Waals surface area contributed by atoms with E-state index in [4.69, 9.17) is 10.5 Å². The van der Waals surface area contributed by atoms with E-state index in [-0.39, 0.29) is 12.0 Å². The van der Waals surface area contributed by atoms with Gasteiger partial charge in [0, 0.05) is 17.7 Å². The van der Waals surface area contributed by atoms with Crippen LogP contribution in [-0.2, 0) is 30.5 Å². The zero-order chi connectivity index (χ0) is 20.1. The van der Waals surface area contributed by atoms with Crippen molar-refractivity contribution < 1.29 is 14.3 Å². The fourth-order valence-electron chi connectivity index (χ4n) is 3.88. The van der Waals surface area contributed by atoms with Crippen LogP contribution in [0.2, 0.25) is 0 Å². The van der Waals surface area contributed by atoms with Crippen molar-refractivity contribution in [3.63, 3.8) is 0 Å². The number of fused-ring (bicyclic) bond motifs is 2. The number of rotatable bonds is 1. The smallest absolute Gasteiger partial charge is 0.410 e. The number of ether oxygens (including phenoxy) is 1. The first-order chi connectivity index (χ1) is 13.2. The number of anilines is 1. The Morgan fingerprint density at radius 3 is 2.64 bits per heavy atom. The van der Waals surface area contributed by atoms with Gasteiger partial charge >= 0.3 is 6.09 Å². The highest BCUT2D eigenvalue weighted by molar-refractivity contribution is 5.97. The second kappa shape index (κ2) is 6.65. The molecule has 1 aliphatic heterocycles. The number of amides is 1. The van der Waals surface area contributed by atoms with Crippen molar-refractivity contribution in [2.75, 3.05) is 12.3 Å². The van der Waals surface area contributed by atoms with Crippen LogP contribution in [0.4, 0.5) is 10.6 Å². The Morgan fingerprint density at radius 2 is 1.89 bits per heavy atom. The van der Waals surface area contributed by atoms with Crippen LogP contribution < -0.4 is 5.73 Å². The summed E-state index contributed by atoms with van der Waals surface area (Å²) in [5.41, 5.74) is 10.3. The fraction of sp³-hybridized carbons (Fsp3) is 0.476. The molecule has 0 bridgehead atoms. The van der Waals surface area contributed by atoms with E-state index in [2.05, 4.69) is 5.10 Å². The topological polar surface area (TPSA) is 90.5 Å². The Hall–Kier alpha value is -2.83. The maximum Gasteiger partial charge on any atom is 0.410 e. The summed E-state index contributed by atoms with van der Waals surface area (Å²) >= 11 is 0. The minimum absolute atomic E-state index is 0.231. The van der Waals surface area contributed by atoms with E-state index in [1.165, 1.54) is 15.8 Å². The molecule has 0 saturated heterocycles. The zero-order valence-corrected chi connectivity index (χ0v) is 16.6. The summed E-state index contributed by atoms with van der Waals surface area (Å²) in [6.07, 6.45) is 3.38. The van der Waals surface area contributed by atoms with Gasteiger partial charge < -0.3 is 15.4 Å². The molecule has 0 spiro atoms. The van der Waals surface area contributed by atoms with E-state index in [1.54, 1.807) is 4.90 Å². The largest absolute Gasteiger partial charge is 0.444 e. The van der Waals surface area contributed by atoms with Crippen LogP contribution >= 0.6 is 0 Å². The highest BCUT2D eigenvalue weighted by Crippen LogP contribution is 2.27. The molecule has 2 aliphatic rings. The Bertz CT molecular complexity index is 955. The average Bonchev–Trinajstić information content (AvgIpc) is 3.23. The van der Waals surface area contributed by atoms with Gasteiger partial charge in [0.2, 0.25) is 0 Å². The number of benzene rings is 1. The molecule has 2 heterocycles. The molecule has 7 nitrogen and oxygen atoms in total. The van der Waals surface area contributed by atoms with Gasteiger partial charge in [-0.25, -0.2) is 4.79 Å². The average molecular weight is 382 g/mol. The third-order valence-electron chi connectivity index (χ3n) is 5.27. The third kappa shape index (κ3) is 3.37. The highest BCUT2D eigenvalue weighted by atomic mass is 16.6. The lowest BCUT2D eigenvalue weighted by molar-refractivity contribution is 0.0221. The normalized spacial score (nSPS) is 15.9. The predicted octanol–water partition coefficient (Wildman–Crippen LogP) is 2.94. The maximum atomic E-state index is 13.0. The van der Waals surface area contributed by atoms with Crippen LogP contribution in [-0.4, -0.2) is 38.8 Å². The predicted molar refractivity (Wildman–Crippen MR) is 105 cm³/mol. The van der Waals surface area contributed by atoms with E-state index < -0.39 is 5.60 Å². The number of hydrogen-bond acceptors (Lipinski definition) is 5. The molecule has 0 radical (unpaired) electrons. The summed E-state index contributed by atoms with van der Waals surface area (Å²) in [7, 11) is 0. The molecule has 148 valence electrons. The number of carbonyl (C=O) groups excluding carboxylic acids is 2. The molecule has 0 unspecified atom stereocenters. The molecule has 2 aromatic rings. The van der Waals surface area contributed by atoms with Gasteiger partial charge in [0.15, 0.2) is 0 Å². The van der Waals surface area contributed by atoms with Gasteiger partial charge in [0.05, 0.1) is 12.2 Å². The van der Waals surface area contributed by atoms with Crippen LogP contribution in [0.15, 0.2) is 18.2 Å². The van der Waals surface area contributed by atoms with E-state index in [0.717, 1.165) is 24.8 Å². The second-order valence-electron chi connectivity index (χ2n) is 8.52. The van der Waals surface area contributed by atoms with E-state index >= 15 is 0 Å². The molecular formula is C21H26N4O3. The van der Waals surface area contributed by atoms with Crippen molar-refractivity contribution in [3.05, 3.63) is 46.1 Å². The summed E-state index contributed by atoms with van der Waals surface area (Å²) in [4.78, 5) is 27.0. The Kier molecular flexibility index (Phi) is 4.40. The van der Waals surface area contributed by atoms with Gasteiger partial charge in [0.25, 0.3) is 5.91 Å². The van der Waals surface area contributed by atoms with Gasteiger partial charge in [-0.05, 0) is 69.7 Å². The van der Waals surface area contributed by atoms with Crippen LogP contribution in [0.1, 0.15) is 59.9 Å². The number of nitrogens with zero attached hydrogens (tertiary/aromatic N) is 3. The zero-order valence-electron chi connectivity index (χ0n) is 16.6. The van der Waals surface area contributed by atoms with Crippen molar-refractivity contribution in [2.45, 2.75) is 58.6 Å². The number of aromatic nitrogens is 2. The number of hydrogen-bond donors (Lipinski definition) is 1. The molecule has 1 aromatic carbocycles. The van der Waals surface area contributed by atoms with Gasteiger partial charge in [-0.1, -0.05) is 6.07 Å². The minimum Gasteiger partial charge on any atom is -0.444 e. The van der Waals surface area contributed by atoms with E-state index in [1.807, 2.05) is 39.0 Å². The first kappa shape index (κ1) is 18.5. The van der Waals surface area contributed by atoms with Gasteiger partial charge in [-0.3, -0.25) is 4.79 Å². The Labute approximate surface area is 164 Å². The number of carbonyl (C=O) groups is 2. The number of nitrogens with two attached hydrogens (primary N) is 1. The van der Waals surface area contributed by atoms with Gasteiger partial charge in [-0.15, -0.1) is 0 Å². The SMILES string of the molecule is CC(C)(C)OC(=O)N1CCc2c(nn(C(=O)c3ccc4c(c3)CCC4)c2N)C1. The molecule has 28 heavy (non-hydrogen) atoms. The summed E-state index contributed by atoms with van der Waals surface area (Å²) in [5.74, 6) is 0.134. The molecule has 0 saturated carbocycles. The molecule has 7 heteroatoms. The monoisotopic (exact) mass is 382 g/mol. The second-order valence-corrected chi connectivity index (χ2v) is 8.52. The Balaban J connectivity index is 1.57. The minimum atomic E-state index is -0.556. The lowest BCUT2D eigenvalue weighted by atomic mass is 10.1. The van der Waals surface area contributed by atoms with Crippen molar-refractivity contribution in [1.82, 2.24) is 14.7 Å². The summed E-state index contributed by atoms with van der Waals surface area (Å²) in [5, 5.41) is 4.44. The molecule has 4 rings (SSSR count). The molecule has 0 fully saturated rings.